The number of unbranched alkanes of at least 4 members (excludes halogenated alkanes) is 3. The summed E-state index contributed by atoms with van der Waals surface area (Å²) in [5, 5.41) is 0. The highest BCUT2D eigenvalue weighted by molar-refractivity contribution is 7.33. The number of carbonyl (C=O) groups is 2. The fourth-order valence-electron chi connectivity index (χ4n) is 3.43. The van der Waals surface area contributed by atoms with Crippen molar-refractivity contribution in [2.24, 2.45) is 10.8 Å². The summed E-state index contributed by atoms with van der Waals surface area (Å²) in [4.78, 5) is 53.4. The second kappa shape index (κ2) is 16.4. The van der Waals surface area contributed by atoms with Gasteiger partial charge < -0.3 is 29.4 Å². The molecule has 0 fully saturated rings. The minimum atomic E-state index is -2.69. The van der Waals surface area contributed by atoms with Gasteiger partial charge in [-0.1, -0.05) is 33.1 Å². The van der Waals surface area contributed by atoms with Crippen LogP contribution in [0.4, 0.5) is 5.82 Å². The van der Waals surface area contributed by atoms with E-state index < -0.39 is 31.8 Å². The van der Waals surface area contributed by atoms with Crippen LogP contribution in [-0.2, 0) is 34.9 Å². The van der Waals surface area contributed by atoms with Gasteiger partial charge in [0, 0.05) is 11.4 Å². The zero-order valence-electron chi connectivity index (χ0n) is 23.3. The first-order valence-corrected chi connectivity index (χ1v) is 14.2. The van der Waals surface area contributed by atoms with Gasteiger partial charge in [-0.2, -0.15) is 5.43 Å². The number of nitrogens with two attached hydrogens (primary N) is 1. The molecule has 218 valence electrons. The molecule has 2 rings (SSSR count). The number of nitrogen functional groups attached to an aromatic ring is 1. The Labute approximate surface area is 229 Å². The summed E-state index contributed by atoms with van der Waals surface area (Å²) >= 11 is 0. The summed E-state index contributed by atoms with van der Waals surface area (Å²) in [6.07, 6.45) is 6.53. The number of hydrogen-bond acceptors (Lipinski definition) is 12. The van der Waals surface area contributed by atoms with Gasteiger partial charge in [0.15, 0.2) is 11.5 Å². The fraction of sp³-hybridized carbons (Fsp3) is 0.708. The predicted molar refractivity (Wildman–Crippen MR) is 143 cm³/mol. The second-order valence-corrected chi connectivity index (χ2v) is 10.2. The standard InChI is InChI=1S/C24H40N7O7P/c1-6-8-9-10-11-36-22(32)17(3)12-29-30-39(34)38-24(5,23(33)35-7-2)14-37-18(4)13-31-16-28-19-20(25)26-15-27-21(19)31/h15-18,29H,6-14H2,1-5H3,(H2,25,26,27)/t17?,18-,24+/m1/s1. The van der Waals surface area contributed by atoms with E-state index in [1.54, 1.807) is 31.7 Å². The third kappa shape index (κ3) is 10.4. The first-order chi connectivity index (χ1) is 18.6. The first kappa shape index (κ1) is 32.4. The van der Waals surface area contributed by atoms with Crippen LogP contribution in [-0.4, -0.2) is 69.5 Å². The van der Waals surface area contributed by atoms with E-state index in [-0.39, 0.29) is 31.5 Å². The normalized spacial score (nSPS) is 15.1. The lowest BCUT2D eigenvalue weighted by Crippen LogP contribution is -2.44. The van der Waals surface area contributed by atoms with Crippen molar-refractivity contribution in [2.75, 3.05) is 32.1 Å². The van der Waals surface area contributed by atoms with Gasteiger partial charge in [0.2, 0.25) is 5.60 Å². The van der Waals surface area contributed by atoms with Gasteiger partial charge in [0.05, 0.1) is 44.7 Å². The minimum absolute atomic E-state index is 0.0921. The van der Waals surface area contributed by atoms with Crippen molar-refractivity contribution < 1.29 is 33.2 Å². The molecule has 15 heteroatoms. The molecule has 0 saturated carbocycles. The third-order valence-electron chi connectivity index (χ3n) is 5.71. The molecular formula is C24H40N7O7P. The Morgan fingerprint density at radius 3 is 2.69 bits per heavy atom. The number of aromatic nitrogens is 4. The Bertz CT molecular complexity index is 1100. The lowest BCUT2D eigenvalue weighted by atomic mass is 10.1. The number of hydrogen-bond donors (Lipinski definition) is 2. The number of ether oxygens (including phenoxy) is 3. The van der Waals surface area contributed by atoms with Gasteiger partial charge in [-0.25, -0.2) is 19.7 Å². The average molecular weight is 570 g/mol. The summed E-state index contributed by atoms with van der Waals surface area (Å²) in [6.45, 7) is 9.28. The van der Waals surface area contributed by atoms with Gasteiger partial charge >= 0.3 is 20.1 Å². The molecule has 39 heavy (non-hydrogen) atoms. The molecule has 4 atom stereocenters. The molecule has 14 nitrogen and oxygen atoms in total. The van der Waals surface area contributed by atoms with Crippen LogP contribution < -0.4 is 16.1 Å². The molecule has 0 amide bonds. The molecule has 3 N–H and O–H groups in total. The number of nitrogens with zero attached hydrogens (tertiary/aromatic N) is 5. The van der Waals surface area contributed by atoms with Crippen LogP contribution >= 0.6 is 8.17 Å². The molecule has 2 unspecified atom stereocenters. The highest BCUT2D eigenvalue weighted by Crippen LogP contribution is 2.28. The zero-order chi connectivity index (χ0) is 28.8. The van der Waals surface area contributed by atoms with E-state index in [1.807, 2.05) is 0 Å². The number of rotatable bonds is 18. The summed E-state index contributed by atoms with van der Waals surface area (Å²) in [6, 6.07) is 0. The molecule has 0 aliphatic heterocycles. The van der Waals surface area contributed by atoms with Crippen molar-refractivity contribution in [1.29, 1.82) is 0 Å². The van der Waals surface area contributed by atoms with E-state index in [9.17, 15) is 14.5 Å². The molecule has 0 radical (unpaired) electrons. The Morgan fingerprint density at radius 1 is 1.21 bits per heavy atom. The molecule has 0 spiro atoms. The van der Waals surface area contributed by atoms with E-state index in [1.165, 1.54) is 13.3 Å². The molecule has 2 heterocycles. The van der Waals surface area contributed by atoms with Crippen LogP contribution in [0.2, 0.25) is 0 Å². The molecule has 0 bridgehead atoms. The van der Waals surface area contributed by atoms with Crippen molar-refractivity contribution in [2.45, 2.75) is 78.6 Å². The summed E-state index contributed by atoms with van der Waals surface area (Å²) < 4.78 is 23.4. The van der Waals surface area contributed by atoms with Crippen molar-refractivity contribution >= 4 is 37.1 Å². The second-order valence-electron chi connectivity index (χ2n) is 9.32. The maximum Gasteiger partial charge on any atom is 0.361 e. The molecule has 2 aromatic rings. The Balaban J connectivity index is 1.91. The van der Waals surface area contributed by atoms with E-state index in [0.717, 1.165) is 25.7 Å². The quantitative estimate of drug-likeness (QED) is 0.115. The average Bonchev–Trinajstić information content (AvgIpc) is 3.31. The van der Waals surface area contributed by atoms with Crippen LogP contribution in [0.5, 0.6) is 0 Å². The summed E-state index contributed by atoms with van der Waals surface area (Å²) in [5.41, 5.74) is 7.73. The van der Waals surface area contributed by atoms with Gasteiger partial charge in [-0.3, -0.25) is 4.79 Å². The van der Waals surface area contributed by atoms with Crippen LogP contribution in [0.1, 0.15) is 60.3 Å². The molecule has 0 saturated heterocycles. The Kier molecular flexibility index (Phi) is 13.6. The predicted octanol–water partition coefficient (Wildman–Crippen LogP) is 2.27. The number of imidazole rings is 1. The molecule has 0 aromatic carbocycles. The minimum Gasteiger partial charge on any atom is -0.582 e. The summed E-state index contributed by atoms with van der Waals surface area (Å²) in [5.74, 6) is -1.36. The molecule has 0 aliphatic carbocycles. The van der Waals surface area contributed by atoms with Crippen molar-refractivity contribution in [1.82, 2.24) is 24.9 Å². The van der Waals surface area contributed by atoms with Crippen molar-refractivity contribution in [3.8, 4) is 0 Å². The Hall–Kier alpha value is -2.77. The van der Waals surface area contributed by atoms with Crippen LogP contribution in [0.15, 0.2) is 17.5 Å². The van der Waals surface area contributed by atoms with Gasteiger partial charge in [0.25, 0.3) is 0 Å². The Morgan fingerprint density at radius 2 is 1.97 bits per heavy atom. The van der Waals surface area contributed by atoms with E-state index in [2.05, 4.69) is 32.2 Å². The van der Waals surface area contributed by atoms with E-state index in [0.29, 0.717) is 24.3 Å². The van der Waals surface area contributed by atoms with E-state index >= 15 is 0 Å². The fourth-order valence-corrected chi connectivity index (χ4v) is 4.14. The number of fused-ring (bicyclic) bond motifs is 1. The lowest BCUT2D eigenvalue weighted by molar-refractivity contribution is -0.199. The van der Waals surface area contributed by atoms with Crippen molar-refractivity contribution in [3.05, 3.63) is 12.7 Å². The monoisotopic (exact) mass is 569 g/mol. The largest absolute Gasteiger partial charge is 0.582 e. The summed E-state index contributed by atoms with van der Waals surface area (Å²) in [7, 11) is -2.69. The third-order valence-corrected chi connectivity index (χ3v) is 6.57. The number of esters is 2. The maximum absolute atomic E-state index is 12.7. The lowest BCUT2D eigenvalue weighted by Gasteiger charge is -2.25. The highest BCUT2D eigenvalue weighted by Gasteiger charge is 2.42. The van der Waals surface area contributed by atoms with Crippen LogP contribution in [0.3, 0.4) is 0 Å². The highest BCUT2D eigenvalue weighted by atomic mass is 31.1. The number of nitrogens with one attached hydrogen (secondary N) is 1. The maximum atomic E-state index is 12.7. The SMILES string of the molecule is CCCCCCOC(=O)C(C)CN/N=[P+](\[O-])O[C@@](C)(CO[C@H](C)Cn1cnc2c(N)ncnc21)C(=O)OCC. The zero-order valence-corrected chi connectivity index (χ0v) is 24.2. The molecule has 0 aliphatic rings. The molecule has 2 aromatic heterocycles. The molecular weight excluding hydrogens is 529 g/mol. The van der Waals surface area contributed by atoms with E-state index in [4.69, 9.17) is 24.5 Å². The van der Waals surface area contributed by atoms with Gasteiger partial charge in [-0.05, 0) is 27.2 Å². The number of anilines is 1. The van der Waals surface area contributed by atoms with Gasteiger partial charge in [-0.15, -0.1) is 4.52 Å². The number of carbonyl (C=O) groups excluding carboxylic acids is 2. The van der Waals surface area contributed by atoms with Crippen LogP contribution in [0, 0.1) is 5.92 Å². The van der Waals surface area contributed by atoms with Gasteiger partial charge in [0.1, 0.15) is 11.8 Å². The first-order valence-electron chi connectivity index (χ1n) is 13.1. The van der Waals surface area contributed by atoms with Crippen molar-refractivity contribution in [3.63, 3.8) is 0 Å². The van der Waals surface area contributed by atoms with Crippen LogP contribution in [0.25, 0.3) is 11.2 Å². The topological polar surface area (TPSA) is 188 Å². The smallest absolute Gasteiger partial charge is 0.361 e.